The van der Waals surface area contributed by atoms with Gasteiger partial charge in [0, 0.05) is 17.8 Å². The van der Waals surface area contributed by atoms with Crippen LogP contribution in [0.3, 0.4) is 0 Å². The number of hydrogen-bond donors (Lipinski definition) is 1. The van der Waals surface area contributed by atoms with Gasteiger partial charge in [-0.1, -0.05) is 31.0 Å². The summed E-state index contributed by atoms with van der Waals surface area (Å²) in [6.07, 6.45) is 4.67. The van der Waals surface area contributed by atoms with Crippen LogP contribution in [0.15, 0.2) is 30.3 Å². The van der Waals surface area contributed by atoms with Crippen molar-refractivity contribution in [2.45, 2.75) is 25.7 Å². The van der Waals surface area contributed by atoms with Crippen molar-refractivity contribution in [3.05, 3.63) is 36.0 Å². The quantitative estimate of drug-likeness (QED) is 0.687. The summed E-state index contributed by atoms with van der Waals surface area (Å²) in [5.74, 6) is 0.310. The van der Waals surface area contributed by atoms with Crippen LogP contribution in [0.4, 0.5) is 11.6 Å². The van der Waals surface area contributed by atoms with Crippen LogP contribution in [0.1, 0.15) is 36.2 Å². The number of esters is 1. The van der Waals surface area contributed by atoms with Crippen molar-refractivity contribution in [2.75, 3.05) is 30.8 Å². The first kappa shape index (κ1) is 17.7. The summed E-state index contributed by atoms with van der Waals surface area (Å²) < 4.78 is 6.01. The number of anilines is 2. The number of ether oxygens (including phenoxy) is 1. The molecule has 6 nitrogen and oxygen atoms in total. The molecule has 3 aromatic rings. The summed E-state index contributed by atoms with van der Waals surface area (Å²) in [6.45, 7) is 1.84. The van der Waals surface area contributed by atoms with E-state index in [0.29, 0.717) is 5.69 Å². The molecule has 0 aliphatic carbocycles. The van der Waals surface area contributed by atoms with E-state index in [9.17, 15) is 4.79 Å². The fraction of sp³-hybridized carbons (Fsp3) is 0.350. The Morgan fingerprint density at radius 1 is 1.15 bits per heavy atom. The molecule has 0 bridgehead atoms. The summed E-state index contributed by atoms with van der Waals surface area (Å²) in [7, 11) is 1.32. The fourth-order valence-corrected chi connectivity index (χ4v) is 4.50. The van der Waals surface area contributed by atoms with Gasteiger partial charge < -0.3 is 15.4 Å². The zero-order valence-corrected chi connectivity index (χ0v) is 16.1. The second kappa shape index (κ2) is 7.52. The Labute approximate surface area is 162 Å². The van der Waals surface area contributed by atoms with E-state index in [1.54, 1.807) is 11.3 Å². The van der Waals surface area contributed by atoms with Crippen molar-refractivity contribution >= 4 is 39.0 Å². The Hall–Kier alpha value is -2.67. The van der Waals surface area contributed by atoms with Crippen molar-refractivity contribution < 1.29 is 9.53 Å². The molecule has 1 saturated heterocycles. The number of aromatic nitrogens is 2. The summed E-state index contributed by atoms with van der Waals surface area (Å²) in [5, 5.41) is 1.15. The molecular weight excluding hydrogens is 360 g/mol. The number of nitrogens with two attached hydrogens (primary N) is 1. The number of carbonyl (C=O) groups excluding carboxylic acids is 1. The smallest absolute Gasteiger partial charge is 0.360 e. The zero-order valence-electron chi connectivity index (χ0n) is 15.3. The molecule has 0 radical (unpaired) electrons. The minimum absolute atomic E-state index is 0.0727. The van der Waals surface area contributed by atoms with Gasteiger partial charge in [0.15, 0.2) is 17.3 Å². The highest BCUT2D eigenvalue weighted by atomic mass is 32.1. The Balaban J connectivity index is 1.88. The standard InChI is InChI=1S/C20H22N4O2S/c1-26-20(25)17-18(21)23-19(24-10-6-2-3-7-11-24)16(22-17)15-12-13-8-4-5-9-14(13)27-15/h4-5,8-9,12H,2-3,6-7,10-11H2,1H3,(H2,21,23). The number of benzene rings is 1. The molecule has 1 aliphatic heterocycles. The van der Waals surface area contributed by atoms with Gasteiger partial charge in [-0.25, -0.2) is 14.8 Å². The van der Waals surface area contributed by atoms with Gasteiger partial charge in [0.2, 0.25) is 0 Å². The van der Waals surface area contributed by atoms with Crippen molar-refractivity contribution in [2.24, 2.45) is 0 Å². The van der Waals surface area contributed by atoms with E-state index >= 15 is 0 Å². The van der Waals surface area contributed by atoms with Gasteiger partial charge in [-0.2, -0.15) is 0 Å². The molecule has 1 fully saturated rings. The van der Waals surface area contributed by atoms with Crippen molar-refractivity contribution in [1.29, 1.82) is 0 Å². The second-order valence-electron chi connectivity index (χ2n) is 6.67. The lowest BCUT2D eigenvalue weighted by Gasteiger charge is -2.24. The van der Waals surface area contributed by atoms with Crippen LogP contribution in [0, 0.1) is 0 Å². The van der Waals surface area contributed by atoms with Crippen LogP contribution in [-0.4, -0.2) is 36.1 Å². The first-order valence-corrected chi connectivity index (χ1v) is 9.99. The van der Waals surface area contributed by atoms with Crippen LogP contribution >= 0.6 is 11.3 Å². The molecule has 140 valence electrons. The van der Waals surface area contributed by atoms with E-state index < -0.39 is 5.97 Å². The third kappa shape index (κ3) is 3.47. The van der Waals surface area contributed by atoms with E-state index in [2.05, 4.69) is 33.1 Å². The summed E-state index contributed by atoms with van der Waals surface area (Å²) in [4.78, 5) is 24.6. The highest BCUT2D eigenvalue weighted by Crippen LogP contribution is 2.38. The number of thiophene rings is 1. The Morgan fingerprint density at radius 3 is 2.59 bits per heavy atom. The molecule has 3 heterocycles. The second-order valence-corrected chi connectivity index (χ2v) is 7.75. The first-order valence-electron chi connectivity index (χ1n) is 9.17. The van der Waals surface area contributed by atoms with Crippen LogP contribution < -0.4 is 10.6 Å². The van der Waals surface area contributed by atoms with Crippen molar-refractivity contribution in [3.8, 4) is 10.6 Å². The molecule has 2 N–H and O–H groups in total. The average molecular weight is 382 g/mol. The molecule has 4 rings (SSSR count). The number of fused-ring (bicyclic) bond motifs is 1. The first-order chi connectivity index (χ1) is 13.2. The van der Waals surface area contributed by atoms with Gasteiger partial charge in [-0.3, -0.25) is 0 Å². The lowest BCUT2D eigenvalue weighted by molar-refractivity contribution is 0.0595. The Bertz CT molecular complexity index is 944. The average Bonchev–Trinajstić information content (AvgIpc) is 2.93. The molecular formula is C20H22N4O2S. The molecule has 0 amide bonds. The van der Waals surface area contributed by atoms with Crippen LogP contribution in [0.2, 0.25) is 0 Å². The van der Waals surface area contributed by atoms with Gasteiger partial charge in [0.25, 0.3) is 0 Å². The molecule has 1 aromatic carbocycles. The van der Waals surface area contributed by atoms with Crippen molar-refractivity contribution in [1.82, 2.24) is 9.97 Å². The molecule has 1 aliphatic rings. The lowest BCUT2D eigenvalue weighted by atomic mass is 10.2. The summed E-state index contributed by atoms with van der Waals surface area (Å²) >= 11 is 1.65. The Morgan fingerprint density at radius 2 is 1.89 bits per heavy atom. The highest BCUT2D eigenvalue weighted by molar-refractivity contribution is 7.22. The van der Waals surface area contributed by atoms with E-state index in [4.69, 9.17) is 10.5 Å². The number of methoxy groups -OCH3 is 1. The van der Waals surface area contributed by atoms with Gasteiger partial charge in [0.05, 0.1) is 12.0 Å². The van der Waals surface area contributed by atoms with Crippen LogP contribution in [-0.2, 0) is 4.74 Å². The van der Waals surface area contributed by atoms with Gasteiger partial charge in [0.1, 0.15) is 5.69 Å². The third-order valence-electron chi connectivity index (χ3n) is 4.85. The van der Waals surface area contributed by atoms with Crippen molar-refractivity contribution in [3.63, 3.8) is 0 Å². The van der Waals surface area contributed by atoms with Gasteiger partial charge in [-0.05, 0) is 30.4 Å². The Kier molecular flexibility index (Phi) is 4.94. The predicted octanol–water partition coefficient (Wildman–Crippen LogP) is 4.11. The number of hydrogen-bond acceptors (Lipinski definition) is 7. The summed E-state index contributed by atoms with van der Waals surface area (Å²) in [5.41, 5.74) is 6.84. The number of nitrogen functional groups attached to an aromatic ring is 1. The maximum absolute atomic E-state index is 12.1. The molecule has 27 heavy (non-hydrogen) atoms. The SMILES string of the molecule is COC(=O)c1nc(-c2cc3ccccc3s2)c(N2CCCCCC2)nc1N. The lowest BCUT2D eigenvalue weighted by Crippen LogP contribution is -2.27. The molecule has 7 heteroatoms. The third-order valence-corrected chi connectivity index (χ3v) is 5.97. The molecule has 0 atom stereocenters. The maximum atomic E-state index is 12.1. The highest BCUT2D eigenvalue weighted by Gasteiger charge is 2.24. The maximum Gasteiger partial charge on any atom is 0.360 e. The number of nitrogens with zero attached hydrogens (tertiary/aromatic N) is 3. The summed E-state index contributed by atoms with van der Waals surface area (Å²) in [6, 6.07) is 10.3. The molecule has 0 unspecified atom stereocenters. The van der Waals surface area contributed by atoms with Gasteiger partial charge in [-0.15, -0.1) is 11.3 Å². The predicted molar refractivity (Wildman–Crippen MR) is 109 cm³/mol. The molecule has 0 spiro atoms. The minimum atomic E-state index is -0.565. The minimum Gasteiger partial charge on any atom is -0.464 e. The van der Waals surface area contributed by atoms with Gasteiger partial charge >= 0.3 is 5.97 Å². The normalized spacial score (nSPS) is 14.9. The van der Waals surface area contributed by atoms with E-state index in [1.165, 1.54) is 24.7 Å². The van der Waals surface area contributed by atoms with E-state index in [-0.39, 0.29) is 11.5 Å². The van der Waals surface area contributed by atoms with Crippen LogP contribution in [0.5, 0.6) is 0 Å². The molecule has 0 saturated carbocycles. The number of carbonyl (C=O) groups is 1. The van der Waals surface area contributed by atoms with Crippen LogP contribution in [0.25, 0.3) is 20.7 Å². The monoisotopic (exact) mass is 382 g/mol. The zero-order chi connectivity index (χ0) is 18.8. The number of rotatable bonds is 3. The van der Waals surface area contributed by atoms with E-state index in [1.807, 2.05) is 12.1 Å². The van der Waals surface area contributed by atoms with E-state index in [0.717, 1.165) is 42.0 Å². The fourth-order valence-electron chi connectivity index (χ4n) is 3.45. The largest absolute Gasteiger partial charge is 0.464 e. The molecule has 2 aromatic heterocycles. The topological polar surface area (TPSA) is 81.3 Å².